The standard InChI is InChI=1S/C16H18BrN3O2/c1-16(2,3)22-14(21)12-6-4-11(5-7-12)8-18-15-19-9-13(17)10-20-15/h4-7,9-10H,8H2,1-3H3,(H,18,19,20). The summed E-state index contributed by atoms with van der Waals surface area (Å²) in [7, 11) is 0. The number of esters is 1. The monoisotopic (exact) mass is 363 g/mol. The lowest BCUT2D eigenvalue weighted by molar-refractivity contribution is 0.00695. The van der Waals surface area contributed by atoms with Gasteiger partial charge in [-0.1, -0.05) is 12.1 Å². The van der Waals surface area contributed by atoms with Crippen LogP contribution in [0.1, 0.15) is 36.7 Å². The van der Waals surface area contributed by atoms with Crippen LogP contribution >= 0.6 is 15.9 Å². The van der Waals surface area contributed by atoms with Crippen LogP contribution < -0.4 is 5.32 Å². The first kappa shape index (κ1) is 16.4. The van der Waals surface area contributed by atoms with Gasteiger partial charge < -0.3 is 10.1 Å². The second kappa shape index (κ2) is 6.87. The van der Waals surface area contributed by atoms with Crippen molar-refractivity contribution < 1.29 is 9.53 Å². The zero-order valence-electron chi connectivity index (χ0n) is 12.8. The number of nitrogens with one attached hydrogen (secondary N) is 1. The molecule has 1 aromatic heterocycles. The van der Waals surface area contributed by atoms with E-state index in [1.54, 1.807) is 24.5 Å². The Hall–Kier alpha value is -1.95. The van der Waals surface area contributed by atoms with Gasteiger partial charge in [-0.2, -0.15) is 0 Å². The summed E-state index contributed by atoms with van der Waals surface area (Å²) in [5, 5.41) is 3.12. The minimum Gasteiger partial charge on any atom is -0.456 e. The molecule has 6 heteroatoms. The van der Waals surface area contributed by atoms with Crippen LogP contribution in [0, 0.1) is 0 Å². The first-order chi connectivity index (χ1) is 10.3. The summed E-state index contributed by atoms with van der Waals surface area (Å²) in [5.74, 6) is 0.239. The van der Waals surface area contributed by atoms with E-state index in [-0.39, 0.29) is 5.97 Å². The average molecular weight is 364 g/mol. The van der Waals surface area contributed by atoms with Crippen LogP contribution in [-0.2, 0) is 11.3 Å². The van der Waals surface area contributed by atoms with Crippen molar-refractivity contribution in [1.82, 2.24) is 9.97 Å². The molecule has 2 aromatic rings. The smallest absolute Gasteiger partial charge is 0.338 e. The van der Waals surface area contributed by atoms with Gasteiger partial charge in [0.1, 0.15) is 5.60 Å². The highest BCUT2D eigenvalue weighted by Crippen LogP contribution is 2.13. The van der Waals surface area contributed by atoms with Gasteiger partial charge in [-0.3, -0.25) is 0 Å². The lowest BCUT2D eigenvalue weighted by Gasteiger charge is -2.19. The molecule has 0 unspecified atom stereocenters. The summed E-state index contributed by atoms with van der Waals surface area (Å²) in [6.07, 6.45) is 3.36. The van der Waals surface area contributed by atoms with Gasteiger partial charge in [0, 0.05) is 18.9 Å². The molecule has 2 rings (SSSR count). The zero-order valence-corrected chi connectivity index (χ0v) is 14.3. The van der Waals surface area contributed by atoms with Crippen LogP contribution in [0.5, 0.6) is 0 Å². The van der Waals surface area contributed by atoms with E-state index in [4.69, 9.17) is 4.74 Å². The van der Waals surface area contributed by atoms with Crippen molar-refractivity contribution in [2.45, 2.75) is 32.9 Å². The molecule has 0 saturated heterocycles. The third kappa shape index (κ3) is 5.11. The zero-order chi connectivity index (χ0) is 16.2. The lowest BCUT2D eigenvalue weighted by atomic mass is 10.1. The molecule has 0 bridgehead atoms. The highest BCUT2D eigenvalue weighted by atomic mass is 79.9. The third-order valence-corrected chi connectivity index (χ3v) is 3.07. The highest BCUT2D eigenvalue weighted by Gasteiger charge is 2.17. The van der Waals surface area contributed by atoms with Gasteiger partial charge >= 0.3 is 5.97 Å². The van der Waals surface area contributed by atoms with Gasteiger partial charge in [-0.15, -0.1) is 0 Å². The number of carbonyl (C=O) groups excluding carboxylic acids is 1. The molecule has 0 radical (unpaired) electrons. The molecule has 0 atom stereocenters. The molecule has 1 heterocycles. The Morgan fingerprint density at radius 2 is 1.77 bits per heavy atom. The summed E-state index contributed by atoms with van der Waals surface area (Å²) < 4.78 is 6.16. The lowest BCUT2D eigenvalue weighted by Crippen LogP contribution is -2.23. The fraction of sp³-hybridized carbons (Fsp3) is 0.312. The SMILES string of the molecule is CC(C)(C)OC(=O)c1ccc(CNc2ncc(Br)cn2)cc1. The van der Waals surface area contributed by atoms with E-state index in [1.165, 1.54) is 0 Å². The van der Waals surface area contributed by atoms with E-state index < -0.39 is 5.60 Å². The number of hydrogen-bond donors (Lipinski definition) is 1. The Morgan fingerprint density at radius 1 is 1.18 bits per heavy atom. The Bertz CT molecular complexity index is 634. The van der Waals surface area contributed by atoms with Crippen molar-refractivity contribution in [3.8, 4) is 0 Å². The quantitative estimate of drug-likeness (QED) is 0.836. The summed E-state index contributed by atoms with van der Waals surface area (Å²) in [6, 6.07) is 7.28. The minimum absolute atomic E-state index is 0.316. The molecule has 1 aromatic carbocycles. The fourth-order valence-corrected chi connectivity index (χ4v) is 1.89. The molecule has 22 heavy (non-hydrogen) atoms. The Morgan fingerprint density at radius 3 is 2.32 bits per heavy atom. The van der Waals surface area contributed by atoms with Crippen LogP contribution in [0.4, 0.5) is 5.95 Å². The molecular formula is C16H18BrN3O2. The van der Waals surface area contributed by atoms with E-state index in [2.05, 4.69) is 31.2 Å². The third-order valence-electron chi connectivity index (χ3n) is 2.66. The number of anilines is 1. The molecular weight excluding hydrogens is 346 g/mol. The molecule has 0 spiro atoms. The van der Waals surface area contributed by atoms with E-state index in [9.17, 15) is 4.79 Å². The van der Waals surface area contributed by atoms with Gasteiger partial charge in [0.25, 0.3) is 0 Å². The van der Waals surface area contributed by atoms with Gasteiger partial charge in [0.15, 0.2) is 0 Å². The summed E-state index contributed by atoms with van der Waals surface area (Å²) in [4.78, 5) is 20.2. The maximum atomic E-state index is 11.9. The Labute approximate surface area is 138 Å². The first-order valence-electron chi connectivity index (χ1n) is 6.87. The molecule has 116 valence electrons. The van der Waals surface area contributed by atoms with E-state index in [0.717, 1.165) is 10.0 Å². The highest BCUT2D eigenvalue weighted by molar-refractivity contribution is 9.10. The van der Waals surface area contributed by atoms with E-state index in [1.807, 2.05) is 32.9 Å². The van der Waals surface area contributed by atoms with Crippen molar-refractivity contribution in [2.75, 3.05) is 5.32 Å². The second-order valence-electron chi connectivity index (χ2n) is 5.78. The fourth-order valence-electron chi connectivity index (χ4n) is 1.68. The minimum atomic E-state index is -0.490. The van der Waals surface area contributed by atoms with Crippen LogP contribution in [-0.4, -0.2) is 21.5 Å². The number of halogens is 1. The maximum Gasteiger partial charge on any atom is 0.338 e. The molecule has 0 fully saturated rings. The number of rotatable bonds is 4. The number of carbonyl (C=O) groups is 1. The normalized spacial score (nSPS) is 11.1. The molecule has 0 amide bonds. The molecule has 0 aliphatic carbocycles. The van der Waals surface area contributed by atoms with Crippen molar-refractivity contribution in [3.63, 3.8) is 0 Å². The number of aromatic nitrogens is 2. The van der Waals surface area contributed by atoms with Gasteiger partial charge in [-0.05, 0) is 54.4 Å². The summed E-state index contributed by atoms with van der Waals surface area (Å²) >= 11 is 3.29. The average Bonchev–Trinajstić information content (AvgIpc) is 2.45. The van der Waals surface area contributed by atoms with Crippen molar-refractivity contribution in [3.05, 3.63) is 52.3 Å². The maximum absolute atomic E-state index is 11.9. The molecule has 0 aliphatic rings. The van der Waals surface area contributed by atoms with Gasteiger partial charge in [-0.25, -0.2) is 14.8 Å². The molecule has 0 aliphatic heterocycles. The molecule has 1 N–H and O–H groups in total. The van der Waals surface area contributed by atoms with Crippen molar-refractivity contribution in [2.24, 2.45) is 0 Å². The van der Waals surface area contributed by atoms with Crippen LogP contribution in [0.25, 0.3) is 0 Å². The number of ether oxygens (including phenoxy) is 1. The second-order valence-corrected chi connectivity index (χ2v) is 6.69. The predicted molar refractivity (Wildman–Crippen MR) is 88.7 cm³/mol. The summed E-state index contributed by atoms with van der Waals surface area (Å²) in [5.41, 5.74) is 1.08. The molecule has 5 nitrogen and oxygen atoms in total. The Kier molecular flexibility index (Phi) is 5.13. The van der Waals surface area contributed by atoms with Crippen LogP contribution in [0.2, 0.25) is 0 Å². The largest absolute Gasteiger partial charge is 0.456 e. The summed E-state index contributed by atoms with van der Waals surface area (Å²) in [6.45, 7) is 6.13. The van der Waals surface area contributed by atoms with Gasteiger partial charge in [0.05, 0.1) is 10.0 Å². The molecule has 0 saturated carbocycles. The van der Waals surface area contributed by atoms with E-state index >= 15 is 0 Å². The Balaban J connectivity index is 1.94. The number of benzene rings is 1. The van der Waals surface area contributed by atoms with Crippen LogP contribution in [0.15, 0.2) is 41.1 Å². The van der Waals surface area contributed by atoms with Crippen LogP contribution in [0.3, 0.4) is 0 Å². The number of hydrogen-bond acceptors (Lipinski definition) is 5. The number of nitrogens with zero attached hydrogens (tertiary/aromatic N) is 2. The topological polar surface area (TPSA) is 64.1 Å². The predicted octanol–water partition coefficient (Wildman–Crippen LogP) is 3.81. The van der Waals surface area contributed by atoms with E-state index in [0.29, 0.717) is 18.1 Å². The van der Waals surface area contributed by atoms with Crippen molar-refractivity contribution >= 4 is 27.8 Å². The first-order valence-corrected chi connectivity index (χ1v) is 7.66. The van der Waals surface area contributed by atoms with Crippen molar-refractivity contribution in [1.29, 1.82) is 0 Å². The van der Waals surface area contributed by atoms with Gasteiger partial charge in [0.2, 0.25) is 5.95 Å².